The van der Waals surface area contributed by atoms with Gasteiger partial charge in [-0.3, -0.25) is 5.01 Å². The van der Waals surface area contributed by atoms with E-state index in [-0.39, 0.29) is 11.7 Å². The molecule has 0 unspecified atom stereocenters. The molecule has 2 heterocycles. The van der Waals surface area contributed by atoms with Gasteiger partial charge in [0.05, 0.1) is 16.3 Å². The molecule has 2 aromatic carbocycles. The van der Waals surface area contributed by atoms with Gasteiger partial charge in [-0.2, -0.15) is 4.31 Å². The van der Waals surface area contributed by atoms with Gasteiger partial charge in [0.2, 0.25) is 10.0 Å². The predicted molar refractivity (Wildman–Crippen MR) is 132 cm³/mol. The maximum atomic E-state index is 13.5. The quantitative estimate of drug-likeness (QED) is 0.706. The fourth-order valence-corrected chi connectivity index (χ4v) is 6.32. The van der Waals surface area contributed by atoms with E-state index in [0.29, 0.717) is 24.4 Å². The molecule has 178 valence electrons. The lowest BCUT2D eigenvalue weighted by atomic mass is 9.79. The summed E-state index contributed by atoms with van der Waals surface area (Å²) in [5, 5.41) is 1.97. The van der Waals surface area contributed by atoms with Crippen molar-refractivity contribution >= 4 is 15.7 Å². The first-order valence-electron chi connectivity index (χ1n) is 11.4. The van der Waals surface area contributed by atoms with Crippen LogP contribution in [0.4, 0.5) is 10.1 Å². The molecule has 34 heavy (non-hydrogen) atoms. The van der Waals surface area contributed by atoms with E-state index in [1.807, 2.05) is 44.4 Å². The lowest BCUT2D eigenvalue weighted by Gasteiger charge is -2.38. The van der Waals surface area contributed by atoms with Gasteiger partial charge < -0.3 is 10.3 Å². The van der Waals surface area contributed by atoms with Crippen LogP contribution in [0.3, 0.4) is 0 Å². The summed E-state index contributed by atoms with van der Waals surface area (Å²) in [6, 6.07) is 13.5. The zero-order chi connectivity index (χ0) is 24.0. The summed E-state index contributed by atoms with van der Waals surface area (Å²) in [5.41, 5.74) is 9.69. The molecule has 1 aliphatic carbocycles. The second kappa shape index (κ2) is 8.69. The van der Waals surface area contributed by atoms with Crippen molar-refractivity contribution in [1.29, 1.82) is 0 Å². The number of aryl methyl sites for hydroxylation is 1. The third-order valence-electron chi connectivity index (χ3n) is 6.67. The van der Waals surface area contributed by atoms with Crippen molar-refractivity contribution < 1.29 is 12.8 Å². The first-order chi connectivity index (χ1) is 16.2. The SMILES string of the molecule is Cc1ccc(S(=O)(=O)N2CCC3=C(C2)[C@H](CN(C)C)C2=CNN(c4ccc(F)cc4)C2=C3)cc1. The van der Waals surface area contributed by atoms with Crippen molar-refractivity contribution in [2.24, 2.45) is 5.92 Å². The molecule has 0 fully saturated rings. The Kier molecular flexibility index (Phi) is 5.83. The van der Waals surface area contributed by atoms with Gasteiger partial charge in [0.1, 0.15) is 5.82 Å². The van der Waals surface area contributed by atoms with Crippen LogP contribution in [0.25, 0.3) is 0 Å². The van der Waals surface area contributed by atoms with Gasteiger partial charge in [0.15, 0.2) is 0 Å². The highest BCUT2D eigenvalue weighted by Crippen LogP contribution is 2.43. The van der Waals surface area contributed by atoms with E-state index in [2.05, 4.69) is 16.4 Å². The van der Waals surface area contributed by atoms with E-state index >= 15 is 0 Å². The Balaban J connectivity index is 1.50. The van der Waals surface area contributed by atoms with Crippen molar-refractivity contribution in [3.63, 3.8) is 0 Å². The number of hydrogen-bond acceptors (Lipinski definition) is 5. The van der Waals surface area contributed by atoms with Crippen LogP contribution < -0.4 is 10.4 Å². The average Bonchev–Trinajstić information content (AvgIpc) is 3.23. The minimum absolute atomic E-state index is 0.0546. The van der Waals surface area contributed by atoms with E-state index in [9.17, 15) is 12.8 Å². The smallest absolute Gasteiger partial charge is 0.243 e. The molecule has 0 saturated heterocycles. The number of nitrogens with zero attached hydrogens (tertiary/aromatic N) is 3. The fraction of sp³-hybridized carbons (Fsp3) is 0.308. The van der Waals surface area contributed by atoms with Crippen LogP contribution in [0.1, 0.15) is 12.0 Å². The number of hydrogen-bond donors (Lipinski definition) is 1. The standard InChI is InChI=1S/C26H29FN4O2S/c1-18-4-10-22(11-5-18)34(32,33)30-13-12-19-14-26-23(25(16-29(2)3)24(19)17-30)15-28-31(26)21-8-6-20(27)7-9-21/h4-11,14-15,25,28H,12-13,16-17H2,1-3H3/t25-/m1/s1. The van der Waals surface area contributed by atoms with Gasteiger partial charge in [0, 0.05) is 37.3 Å². The Morgan fingerprint density at radius 1 is 1.09 bits per heavy atom. The summed E-state index contributed by atoms with van der Waals surface area (Å²) in [4.78, 5) is 2.47. The van der Waals surface area contributed by atoms with Gasteiger partial charge in [0.25, 0.3) is 0 Å². The van der Waals surface area contributed by atoms with E-state index in [1.54, 1.807) is 28.6 Å². The van der Waals surface area contributed by atoms with Crippen LogP contribution in [0.5, 0.6) is 0 Å². The highest BCUT2D eigenvalue weighted by molar-refractivity contribution is 7.89. The summed E-state index contributed by atoms with van der Waals surface area (Å²) < 4.78 is 41.9. The van der Waals surface area contributed by atoms with Gasteiger partial charge in [-0.15, -0.1) is 0 Å². The van der Waals surface area contributed by atoms with Crippen molar-refractivity contribution in [2.45, 2.75) is 18.2 Å². The van der Waals surface area contributed by atoms with Crippen LogP contribution in [0, 0.1) is 18.7 Å². The van der Waals surface area contributed by atoms with Crippen LogP contribution in [0.2, 0.25) is 0 Å². The summed E-state index contributed by atoms with van der Waals surface area (Å²) in [5.74, 6) is -0.217. The summed E-state index contributed by atoms with van der Waals surface area (Å²) >= 11 is 0. The Hall–Kier alpha value is -2.94. The number of allylic oxidation sites excluding steroid dienone is 2. The topological polar surface area (TPSA) is 55.9 Å². The Morgan fingerprint density at radius 3 is 2.47 bits per heavy atom. The first-order valence-corrected chi connectivity index (χ1v) is 12.9. The van der Waals surface area contributed by atoms with Crippen LogP contribution in [0.15, 0.2) is 88.1 Å². The minimum atomic E-state index is -3.58. The maximum absolute atomic E-state index is 13.5. The molecular weight excluding hydrogens is 451 g/mol. The number of anilines is 1. The van der Waals surface area contributed by atoms with E-state index < -0.39 is 10.0 Å². The molecule has 0 radical (unpaired) electrons. The van der Waals surface area contributed by atoms with E-state index in [4.69, 9.17) is 0 Å². The van der Waals surface area contributed by atoms with Crippen LogP contribution in [-0.4, -0.2) is 51.4 Å². The van der Waals surface area contributed by atoms with Crippen LogP contribution in [-0.2, 0) is 10.0 Å². The molecule has 0 spiro atoms. The highest BCUT2D eigenvalue weighted by atomic mass is 32.2. The molecule has 0 bridgehead atoms. The second-order valence-corrected chi connectivity index (χ2v) is 11.3. The molecule has 3 aliphatic rings. The van der Waals surface area contributed by atoms with E-state index in [1.165, 1.54) is 17.7 Å². The molecule has 6 nitrogen and oxygen atoms in total. The molecule has 0 amide bonds. The summed E-state index contributed by atoms with van der Waals surface area (Å²) in [6.07, 6.45) is 4.80. The maximum Gasteiger partial charge on any atom is 0.243 e. The fourth-order valence-electron chi connectivity index (χ4n) is 4.90. The van der Waals surface area contributed by atoms with Gasteiger partial charge in [-0.1, -0.05) is 17.7 Å². The average molecular weight is 481 g/mol. The first kappa shape index (κ1) is 22.8. The van der Waals surface area contributed by atoms with Gasteiger partial charge in [-0.25, -0.2) is 12.8 Å². The van der Waals surface area contributed by atoms with Crippen LogP contribution >= 0.6 is 0 Å². The molecule has 0 aromatic heterocycles. The zero-order valence-electron chi connectivity index (χ0n) is 19.6. The monoisotopic (exact) mass is 480 g/mol. The number of hydrazine groups is 1. The van der Waals surface area contributed by atoms with Crippen molar-refractivity contribution in [1.82, 2.24) is 14.6 Å². The molecule has 5 rings (SSSR count). The third-order valence-corrected chi connectivity index (χ3v) is 8.53. The molecular formula is C26H29FN4O2S. The molecule has 0 saturated carbocycles. The van der Waals surface area contributed by atoms with E-state index in [0.717, 1.165) is 34.6 Å². The van der Waals surface area contributed by atoms with Crippen molar-refractivity contribution in [3.05, 3.63) is 94.6 Å². The number of benzene rings is 2. The molecule has 2 aliphatic heterocycles. The Labute approximate surface area is 200 Å². The lowest BCUT2D eigenvalue weighted by molar-refractivity contribution is 0.346. The largest absolute Gasteiger partial charge is 0.308 e. The molecule has 1 N–H and O–H groups in total. The predicted octanol–water partition coefficient (Wildman–Crippen LogP) is 3.81. The number of fused-ring (bicyclic) bond motifs is 1. The Morgan fingerprint density at radius 2 is 1.79 bits per heavy atom. The number of rotatable bonds is 5. The number of halogens is 1. The zero-order valence-corrected chi connectivity index (χ0v) is 20.4. The second-order valence-electron chi connectivity index (χ2n) is 9.34. The normalized spacial score (nSPS) is 20.6. The summed E-state index contributed by atoms with van der Waals surface area (Å²) in [7, 11) is 0.483. The molecule has 8 heteroatoms. The van der Waals surface area contributed by atoms with Gasteiger partial charge >= 0.3 is 0 Å². The third kappa shape index (κ3) is 4.06. The number of sulfonamides is 1. The lowest BCUT2D eigenvalue weighted by Crippen LogP contribution is -2.42. The number of nitrogens with one attached hydrogen (secondary N) is 1. The summed E-state index contributed by atoms with van der Waals surface area (Å²) in [6.45, 7) is 3.53. The van der Waals surface area contributed by atoms with Crippen molar-refractivity contribution in [3.8, 4) is 0 Å². The van der Waals surface area contributed by atoms with Crippen molar-refractivity contribution in [2.75, 3.05) is 38.7 Å². The molecule has 1 atom stereocenters. The Bertz CT molecular complexity index is 1300. The minimum Gasteiger partial charge on any atom is -0.308 e. The molecule has 2 aromatic rings. The highest BCUT2D eigenvalue weighted by Gasteiger charge is 2.39. The van der Waals surface area contributed by atoms with Gasteiger partial charge in [-0.05, 0) is 81.1 Å².